The van der Waals surface area contributed by atoms with Crippen molar-refractivity contribution < 1.29 is 48.3 Å². The van der Waals surface area contributed by atoms with Gasteiger partial charge in [-0.25, -0.2) is 0 Å². The first-order valence-electron chi connectivity index (χ1n) is 25.1. The van der Waals surface area contributed by atoms with Crippen molar-refractivity contribution in [3.05, 3.63) is 71.8 Å². The second kappa shape index (κ2) is 44.3. The maximum absolute atomic E-state index is 11.2. The van der Waals surface area contributed by atoms with Gasteiger partial charge in [0.05, 0.1) is 25.4 Å². The molecule has 10 nitrogen and oxygen atoms in total. The van der Waals surface area contributed by atoms with Gasteiger partial charge in [-0.3, -0.25) is 9.59 Å². The summed E-state index contributed by atoms with van der Waals surface area (Å²) in [4.78, 5) is 43.6. The second-order valence-corrected chi connectivity index (χ2v) is 17.5. The Kier molecular flexibility index (Phi) is 42.8. The zero-order chi connectivity index (χ0) is 46.9. The third kappa shape index (κ3) is 40.6. The number of unbranched alkanes of at least 4 members (excludes halogenated alkanes) is 14. The third-order valence-corrected chi connectivity index (χ3v) is 11.5. The van der Waals surface area contributed by atoms with Crippen LogP contribution in [0.3, 0.4) is 0 Å². The molecule has 2 aromatic rings. The fourth-order valence-corrected chi connectivity index (χ4v) is 7.90. The molecule has 0 spiro atoms. The molecule has 0 aliphatic heterocycles. The van der Waals surface area contributed by atoms with E-state index >= 15 is 0 Å². The Morgan fingerprint density at radius 3 is 0.969 bits per heavy atom. The molecule has 0 aromatic heterocycles. The number of esters is 2. The number of carbonyl (C=O) groups is 4. The smallest absolute Gasteiger partial charge is 0.550 e. The van der Waals surface area contributed by atoms with Gasteiger partial charge < -0.3 is 38.7 Å². The normalized spacial score (nSPS) is 12.7. The van der Waals surface area contributed by atoms with Crippen molar-refractivity contribution >= 4 is 72.8 Å². The molecular formula is C54H86BaO10. The van der Waals surface area contributed by atoms with Crippen LogP contribution in [-0.4, -0.2) is 97.2 Å². The molecule has 0 amide bonds. The van der Waals surface area contributed by atoms with E-state index in [0.29, 0.717) is 38.3 Å². The van der Waals surface area contributed by atoms with E-state index in [2.05, 4.69) is 62.4 Å². The van der Waals surface area contributed by atoms with Crippen LogP contribution < -0.4 is 10.2 Å². The third-order valence-electron chi connectivity index (χ3n) is 11.5. The second-order valence-electron chi connectivity index (χ2n) is 17.5. The monoisotopic (exact) mass is 1030 g/mol. The largest absolute Gasteiger partial charge is 2.00 e. The van der Waals surface area contributed by atoms with E-state index in [1.54, 1.807) is 0 Å². The van der Waals surface area contributed by atoms with Crippen molar-refractivity contribution in [2.45, 2.75) is 245 Å². The average molecular weight is 1030 g/mol. The Morgan fingerprint density at radius 2 is 0.692 bits per heavy atom. The van der Waals surface area contributed by atoms with Gasteiger partial charge in [-0.15, -0.1) is 0 Å². The maximum atomic E-state index is 11.2. The Balaban J connectivity index is 0.00000124. The summed E-state index contributed by atoms with van der Waals surface area (Å²) in [6, 6.07) is 20.8. The van der Waals surface area contributed by atoms with Gasteiger partial charge in [0.15, 0.2) is 0 Å². The summed E-state index contributed by atoms with van der Waals surface area (Å²) in [5, 5.41) is 21.3. The topological polar surface area (TPSA) is 151 Å². The molecule has 0 aliphatic carbocycles. The van der Waals surface area contributed by atoms with Gasteiger partial charge in [0.2, 0.25) is 0 Å². The van der Waals surface area contributed by atoms with Gasteiger partial charge in [-0.2, -0.15) is 0 Å². The number of benzene rings is 2. The molecule has 0 saturated carbocycles. The van der Waals surface area contributed by atoms with E-state index in [-0.39, 0.29) is 85.9 Å². The number of hydrogen-bond acceptors (Lipinski definition) is 10. The molecule has 4 atom stereocenters. The summed E-state index contributed by atoms with van der Waals surface area (Å²) >= 11 is 0. The maximum Gasteiger partial charge on any atom is 2.00 e. The van der Waals surface area contributed by atoms with Gasteiger partial charge in [0.25, 0.3) is 0 Å². The molecule has 364 valence electrons. The molecule has 2 rings (SSSR count). The van der Waals surface area contributed by atoms with Gasteiger partial charge in [0.1, 0.15) is 12.2 Å². The number of carboxylic acids is 2. The molecule has 0 aliphatic rings. The van der Waals surface area contributed by atoms with Crippen molar-refractivity contribution in [1.82, 2.24) is 0 Å². The van der Waals surface area contributed by atoms with E-state index in [9.17, 15) is 29.4 Å². The van der Waals surface area contributed by atoms with Crippen molar-refractivity contribution in [1.29, 1.82) is 0 Å². The summed E-state index contributed by atoms with van der Waals surface area (Å²) in [7, 11) is 0. The van der Waals surface area contributed by atoms with Crippen molar-refractivity contribution in [2.75, 3.05) is 0 Å². The standard InChI is InChI=1S/2C27H44O5.Ba/c2*1-3-4-10-17-25(31-22-24-15-11-9-12-16-24)18-13-7-5-6-8-14-19-26(32-23(2)28)20-21-27(29)30;/h2*9,11-12,15-16,25-26H,3-8,10,13-14,17-22H2,1-2H3,(H,29,30);/q;;+2/p-2. The summed E-state index contributed by atoms with van der Waals surface area (Å²) in [5.41, 5.74) is 2.47. The molecule has 2 aromatic carbocycles. The van der Waals surface area contributed by atoms with E-state index in [1.165, 1.54) is 102 Å². The first-order chi connectivity index (χ1) is 31.0. The molecule has 0 heterocycles. The fraction of sp³-hybridized carbons (Fsp3) is 0.704. The number of carbonyl (C=O) groups excluding carboxylic acids is 4. The van der Waals surface area contributed by atoms with Crippen LogP contribution in [0.25, 0.3) is 0 Å². The first-order valence-corrected chi connectivity index (χ1v) is 25.1. The number of ether oxygens (including phenoxy) is 4. The number of aliphatic carboxylic acids is 2. The van der Waals surface area contributed by atoms with Crippen LogP contribution in [0.15, 0.2) is 60.7 Å². The Bertz CT molecular complexity index is 1320. The molecule has 0 fully saturated rings. The molecule has 0 saturated heterocycles. The Morgan fingerprint density at radius 1 is 0.415 bits per heavy atom. The predicted octanol–water partition coefficient (Wildman–Crippen LogP) is 11.1. The van der Waals surface area contributed by atoms with Gasteiger partial charge in [0, 0.05) is 25.8 Å². The van der Waals surface area contributed by atoms with Crippen LogP contribution in [0.2, 0.25) is 0 Å². The number of rotatable bonds is 40. The van der Waals surface area contributed by atoms with Crippen molar-refractivity contribution in [3.8, 4) is 0 Å². The first kappa shape index (κ1) is 62.8. The van der Waals surface area contributed by atoms with Crippen LogP contribution in [-0.2, 0) is 51.3 Å². The van der Waals surface area contributed by atoms with E-state index in [4.69, 9.17) is 18.9 Å². The SMILES string of the molecule is CCCCCC(CCCCCCCCC(CCC(=O)[O-])OC(C)=O)OCc1ccccc1.CCCCCC(CCCCCCCCC(CCC(=O)[O-])OC(C)=O)OCc1ccccc1.[Ba+2]. The summed E-state index contributed by atoms with van der Waals surface area (Å²) in [6.45, 7) is 8.59. The van der Waals surface area contributed by atoms with Gasteiger partial charge in [-0.1, -0.05) is 177 Å². The van der Waals surface area contributed by atoms with Crippen LogP contribution in [0.4, 0.5) is 0 Å². The van der Waals surface area contributed by atoms with Crippen LogP contribution in [0.1, 0.15) is 219 Å². The average Bonchev–Trinajstić information content (AvgIpc) is 3.27. The van der Waals surface area contributed by atoms with E-state index in [1.807, 2.05) is 12.1 Å². The zero-order valence-corrected chi connectivity index (χ0v) is 45.5. The van der Waals surface area contributed by atoms with E-state index in [0.717, 1.165) is 77.0 Å². The van der Waals surface area contributed by atoms with Gasteiger partial charge in [-0.05, 0) is 88.2 Å². The summed E-state index contributed by atoms with van der Waals surface area (Å²) in [5.74, 6) is -2.89. The molecule has 0 radical (unpaired) electrons. The minimum atomic E-state index is -1.09. The van der Waals surface area contributed by atoms with Crippen molar-refractivity contribution in [3.63, 3.8) is 0 Å². The van der Waals surface area contributed by atoms with Crippen LogP contribution in [0.5, 0.6) is 0 Å². The molecule has 0 bridgehead atoms. The predicted molar refractivity (Wildman–Crippen MR) is 258 cm³/mol. The summed E-state index contributed by atoms with van der Waals surface area (Å²) < 4.78 is 22.9. The summed E-state index contributed by atoms with van der Waals surface area (Å²) in [6.07, 6.45) is 27.6. The minimum Gasteiger partial charge on any atom is -0.550 e. The number of carboxylic acid groups (broad SMARTS) is 2. The quantitative estimate of drug-likeness (QED) is 0.0358. The minimum absolute atomic E-state index is 0. The fourth-order valence-electron chi connectivity index (χ4n) is 7.90. The molecule has 4 unspecified atom stereocenters. The number of hydrogen-bond donors (Lipinski definition) is 0. The molecule has 11 heteroatoms. The molecule has 0 N–H and O–H groups in total. The van der Waals surface area contributed by atoms with Gasteiger partial charge >= 0.3 is 60.8 Å². The Hall–Kier alpha value is -2.19. The Labute approximate surface area is 434 Å². The molecule has 65 heavy (non-hydrogen) atoms. The zero-order valence-electron chi connectivity index (χ0n) is 41.1. The van der Waals surface area contributed by atoms with E-state index < -0.39 is 11.9 Å². The molecular weight excluding hydrogens is 946 g/mol. The van der Waals surface area contributed by atoms with Crippen molar-refractivity contribution in [2.24, 2.45) is 0 Å². The van der Waals surface area contributed by atoms with Crippen LogP contribution in [0, 0.1) is 0 Å². The van der Waals surface area contributed by atoms with Crippen LogP contribution >= 0.6 is 0 Å².